The third-order valence-corrected chi connectivity index (χ3v) is 5.61. The van der Waals surface area contributed by atoms with Crippen LogP contribution in [0.1, 0.15) is 32.3 Å². The van der Waals surface area contributed by atoms with Crippen molar-refractivity contribution in [2.45, 2.75) is 38.4 Å². The summed E-state index contributed by atoms with van der Waals surface area (Å²) in [5, 5.41) is 2.43. The molecule has 2 bridgehead atoms. The van der Waals surface area contributed by atoms with E-state index in [9.17, 15) is 4.79 Å². The number of rotatable bonds is 2. The van der Waals surface area contributed by atoms with E-state index >= 15 is 0 Å². The maximum absolute atomic E-state index is 12.2. The van der Waals surface area contributed by atoms with Gasteiger partial charge < -0.3 is 0 Å². The smallest absolute Gasteiger partial charge is 0.138 e. The summed E-state index contributed by atoms with van der Waals surface area (Å²) in [4.78, 5) is 23.5. The number of carbonyl (C=O) groups is 1. The van der Waals surface area contributed by atoms with Gasteiger partial charge in [-0.1, -0.05) is 55.5 Å². The highest BCUT2D eigenvalue weighted by atomic mass is 17.2. The molecule has 124 valence electrons. The number of hydrogen-bond donors (Lipinski definition) is 0. The molecule has 1 saturated carbocycles. The van der Waals surface area contributed by atoms with Crippen molar-refractivity contribution in [2.24, 2.45) is 11.8 Å². The van der Waals surface area contributed by atoms with E-state index < -0.39 is 5.60 Å². The van der Waals surface area contributed by atoms with Gasteiger partial charge in [0, 0.05) is 18.3 Å². The Kier molecular flexibility index (Phi) is 3.78. The second kappa shape index (κ2) is 5.83. The first-order chi connectivity index (χ1) is 11.6. The van der Waals surface area contributed by atoms with Crippen molar-refractivity contribution in [1.29, 1.82) is 0 Å². The molecule has 24 heavy (non-hydrogen) atoms. The van der Waals surface area contributed by atoms with E-state index in [1.165, 1.54) is 10.8 Å². The summed E-state index contributed by atoms with van der Waals surface area (Å²) >= 11 is 0. The van der Waals surface area contributed by atoms with Gasteiger partial charge in [-0.2, -0.15) is 0 Å². The van der Waals surface area contributed by atoms with Gasteiger partial charge in [-0.25, -0.2) is 9.78 Å². The van der Waals surface area contributed by atoms with Crippen LogP contribution in [-0.4, -0.2) is 17.5 Å². The van der Waals surface area contributed by atoms with Gasteiger partial charge in [-0.05, 0) is 35.8 Å². The van der Waals surface area contributed by atoms with E-state index in [2.05, 4.69) is 42.5 Å². The molecule has 0 aromatic heterocycles. The summed E-state index contributed by atoms with van der Waals surface area (Å²) in [5.41, 5.74) is 0.582. The van der Waals surface area contributed by atoms with Crippen LogP contribution in [0, 0.1) is 11.8 Å². The molecule has 1 saturated heterocycles. The normalized spacial score (nSPS) is 33.2. The van der Waals surface area contributed by atoms with Gasteiger partial charge in [0.1, 0.15) is 17.5 Å². The Labute approximate surface area is 142 Å². The molecule has 3 heteroatoms. The molecule has 2 aromatic rings. The lowest BCUT2D eigenvalue weighted by Gasteiger charge is -2.45. The number of fused-ring (bicyclic) bond motifs is 3. The van der Waals surface area contributed by atoms with Crippen LogP contribution in [0.25, 0.3) is 16.8 Å². The molecule has 2 aliphatic rings. The maximum atomic E-state index is 12.2. The lowest BCUT2D eigenvalue weighted by molar-refractivity contribution is -0.415. The molecule has 4 atom stereocenters. The molecule has 2 fully saturated rings. The SMILES string of the molecule is C[C@@H]1C(=O)C[C@H]2CC1OOC2(C)C=Cc1cccc2ccccc12. The quantitative estimate of drug-likeness (QED) is 0.761. The van der Waals surface area contributed by atoms with Crippen LogP contribution >= 0.6 is 0 Å². The van der Waals surface area contributed by atoms with E-state index in [1.54, 1.807) is 0 Å². The Balaban J connectivity index is 1.64. The van der Waals surface area contributed by atoms with Crippen LogP contribution in [0.3, 0.4) is 0 Å². The van der Waals surface area contributed by atoms with Crippen molar-refractivity contribution in [3.05, 3.63) is 54.1 Å². The molecule has 2 aromatic carbocycles. The van der Waals surface area contributed by atoms with Crippen molar-refractivity contribution < 1.29 is 14.6 Å². The first kappa shape index (κ1) is 15.6. The molecule has 0 spiro atoms. The average Bonchev–Trinajstić information content (AvgIpc) is 2.60. The molecule has 1 aliphatic heterocycles. The van der Waals surface area contributed by atoms with Gasteiger partial charge >= 0.3 is 0 Å². The van der Waals surface area contributed by atoms with E-state index in [4.69, 9.17) is 9.78 Å². The lowest BCUT2D eigenvalue weighted by Crippen LogP contribution is -2.51. The minimum absolute atomic E-state index is 0.0622. The van der Waals surface area contributed by atoms with Crippen LogP contribution in [0.15, 0.2) is 48.5 Å². The maximum Gasteiger partial charge on any atom is 0.138 e. The summed E-state index contributed by atoms with van der Waals surface area (Å²) in [6.07, 6.45) is 5.49. The largest absolute Gasteiger partial charge is 0.299 e. The molecule has 0 radical (unpaired) electrons. The summed E-state index contributed by atoms with van der Waals surface area (Å²) in [5.74, 6) is 0.392. The number of benzene rings is 2. The molecule has 1 aliphatic carbocycles. The molecular weight excluding hydrogens is 300 g/mol. The molecule has 3 nitrogen and oxygen atoms in total. The first-order valence-corrected chi connectivity index (χ1v) is 8.61. The highest BCUT2D eigenvalue weighted by Gasteiger charge is 2.48. The van der Waals surface area contributed by atoms with E-state index in [0.717, 1.165) is 12.0 Å². The van der Waals surface area contributed by atoms with Gasteiger partial charge in [0.05, 0.1) is 0 Å². The van der Waals surface area contributed by atoms with Crippen LogP contribution < -0.4 is 0 Å². The van der Waals surface area contributed by atoms with E-state index in [0.29, 0.717) is 6.42 Å². The molecule has 0 amide bonds. The fraction of sp³-hybridized carbons (Fsp3) is 0.381. The number of hydrogen-bond acceptors (Lipinski definition) is 3. The summed E-state index contributed by atoms with van der Waals surface area (Å²) in [7, 11) is 0. The number of Topliss-reactive ketones (excluding diaryl/α,β-unsaturated/α-hetero) is 1. The van der Waals surface area contributed by atoms with Gasteiger partial charge in [0.2, 0.25) is 0 Å². The highest BCUT2D eigenvalue weighted by Crippen LogP contribution is 2.43. The summed E-state index contributed by atoms with van der Waals surface area (Å²) in [6, 6.07) is 14.6. The zero-order valence-corrected chi connectivity index (χ0v) is 14.1. The van der Waals surface area contributed by atoms with E-state index in [1.807, 2.05) is 26.0 Å². The number of ketones is 1. The molecule has 2 unspecified atom stereocenters. The van der Waals surface area contributed by atoms with Crippen LogP contribution in [-0.2, 0) is 14.6 Å². The molecule has 4 rings (SSSR count). The second-order valence-corrected chi connectivity index (χ2v) is 7.20. The zero-order valence-electron chi connectivity index (χ0n) is 14.1. The Morgan fingerprint density at radius 3 is 2.83 bits per heavy atom. The van der Waals surface area contributed by atoms with Crippen LogP contribution in [0.2, 0.25) is 0 Å². The van der Waals surface area contributed by atoms with Crippen LogP contribution in [0.5, 0.6) is 0 Å². The average molecular weight is 322 g/mol. The predicted octanol–water partition coefficient (Wildman–Crippen LogP) is 4.56. The topological polar surface area (TPSA) is 35.5 Å². The zero-order chi connectivity index (χ0) is 16.7. The van der Waals surface area contributed by atoms with Gasteiger partial charge in [0.25, 0.3) is 0 Å². The lowest BCUT2D eigenvalue weighted by atomic mass is 9.71. The van der Waals surface area contributed by atoms with Crippen molar-refractivity contribution >= 4 is 22.6 Å². The summed E-state index contributed by atoms with van der Waals surface area (Å²) < 4.78 is 0. The Bertz CT molecular complexity index is 804. The minimum atomic E-state index is -0.566. The van der Waals surface area contributed by atoms with Crippen molar-refractivity contribution in [2.75, 3.05) is 0 Å². The van der Waals surface area contributed by atoms with Gasteiger partial charge in [-0.3, -0.25) is 4.79 Å². The molecule has 1 heterocycles. The second-order valence-electron chi connectivity index (χ2n) is 7.20. The summed E-state index contributed by atoms with van der Waals surface area (Å²) in [6.45, 7) is 3.94. The van der Waals surface area contributed by atoms with Crippen molar-refractivity contribution in [1.82, 2.24) is 0 Å². The van der Waals surface area contributed by atoms with Crippen molar-refractivity contribution in [3.63, 3.8) is 0 Å². The minimum Gasteiger partial charge on any atom is -0.299 e. The Morgan fingerprint density at radius 2 is 1.96 bits per heavy atom. The van der Waals surface area contributed by atoms with Crippen molar-refractivity contribution in [3.8, 4) is 0 Å². The molecule has 0 N–H and O–H groups in total. The van der Waals surface area contributed by atoms with Gasteiger partial charge in [0.15, 0.2) is 0 Å². The standard InChI is InChI=1S/C21H22O3/c1-14-19(22)12-17-13-20(14)23-24-21(17,2)11-10-16-8-5-7-15-6-3-4-9-18(15)16/h3-11,14,17,20H,12-13H2,1-2H3/t14-,17+,20?,21?/m1/s1. The highest BCUT2D eigenvalue weighted by molar-refractivity contribution is 5.90. The fourth-order valence-corrected chi connectivity index (χ4v) is 3.81. The van der Waals surface area contributed by atoms with Gasteiger partial charge in [-0.15, -0.1) is 0 Å². The predicted molar refractivity (Wildman–Crippen MR) is 94.2 cm³/mol. The third kappa shape index (κ3) is 2.58. The fourth-order valence-electron chi connectivity index (χ4n) is 3.81. The third-order valence-electron chi connectivity index (χ3n) is 5.61. The monoisotopic (exact) mass is 322 g/mol. The first-order valence-electron chi connectivity index (χ1n) is 8.61. The number of carbonyl (C=O) groups excluding carboxylic acids is 1. The Morgan fingerprint density at radius 1 is 1.17 bits per heavy atom. The Hall–Kier alpha value is -1.97. The van der Waals surface area contributed by atoms with Crippen LogP contribution in [0.4, 0.5) is 0 Å². The molecular formula is C21H22O3. The van der Waals surface area contributed by atoms with E-state index in [-0.39, 0.29) is 23.7 Å².